The molecule has 0 aromatic heterocycles. The predicted octanol–water partition coefficient (Wildman–Crippen LogP) is 7.91. The molecule has 0 radical (unpaired) electrons. The number of aliphatic hydroxyl groups is 1. The van der Waals surface area contributed by atoms with Gasteiger partial charge in [0.25, 0.3) is 0 Å². The number of nitrogens with two attached hydrogens (primary N) is 2. The lowest BCUT2D eigenvalue weighted by molar-refractivity contribution is -0.137. The van der Waals surface area contributed by atoms with Crippen molar-refractivity contribution in [2.75, 3.05) is 20.8 Å². The van der Waals surface area contributed by atoms with E-state index in [1.54, 1.807) is 51.2 Å². The van der Waals surface area contributed by atoms with Crippen LogP contribution in [0.5, 0.6) is 5.75 Å². The van der Waals surface area contributed by atoms with Crippen molar-refractivity contribution in [1.82, 2.24) is 4.90 Å². The number of aliphatic hydroxyl groups excluding tert-OH is 1. The Labute approximate surface area is 318 Å². The highest BCUT2D eigenvalue weighted by Gasteiger charge is 2.38. The largest absolute Gasteiger partial charge is 0.507 e. The first kappa shape index (κ1) is 48.3. The summed E-state index contributed by atoms with van der Waals surface area (Å²) < 4.78 is 10.6. The number of hydrogen-bond donors (Lipinski definition) is 4. The fourth-order valence-electron chi connectivity index (χ4n) is 5.81. The average Bonchev–Trinajstić information content (AvgIpc) is 3.71. The molecule has 1 saturated carbocycles. The Morgan fingerprint density at radius 1 is 1.04 bits per heavy atom. The van der Waals surface area contributed by atoms with Crippen LogP contribution >= 0.6 is 0 Å². The Hall–Kier alpha value is -4.67. The maximum absolute atomic E-state index is 12.2. The van der Waals surface area contributed by atoms with Crippen LogP contribution in [0.15, 0.2) is 59.4 Å². The summed E-state index contributed by atoms with van der Waals surface area (Å²) in [6.45, 7) is 13.5. The van der Waals surface area contributed by atoms with Crippen LogP contribution in [0.1, 0.15) is 117 Å². The number of unbranched alkanes of at least 4 members (excludes halogenated alkanes) is 4. The fraction of sp³-hybridized carbons (Fsp3) is 0.548. The van der Waals surface area contributed by atoms with Gasteiger partial charge >= 0.3 is 0 Å². The number of carbonyl (C=O) groups is 4. The molecule has 53 heavy (non-hydrogen) atoms. The molecule has 2 aliphatic rings. The third-order valence-corrected chi connectivity index (χ3v) is 8.57. The number of nitrogens with zero attached hydrogens (tertiary/aromatic N) is 1. The number of rotatable bonds is 17. The van der Waals surface area contributed by atoms with Gasteiger partial charge in [0.2, 0.25) is 23.5 Å². The molecule has 0 spiro atoms. The molecule has 1 aliphatic carbocycles. The van der Waals surface area contributed by atoms with Gasteiger partial charge in [-0.15, -0.1) is 0 Å². The van der Waals surface area contributed by atoms with E-state index in [4.69, 9.17) is 20.6 Å². The number of methoxy groups -OCH3 is 2. The highest BCUT2D eigenvalue weighted by Crippen LogP contribution is 2.45. The first-order valence-electron chi connectivity index (χ1n) is 18.8. The second-order valence-electron chi connectivity index (χ2n) is 13.0. The molecule has 296 valence electrons. The van der Waals surface area contributed by atoms with Gasteiger partial charge in [-0.05, 0) is 108 Å². The summed E-state index contributed by atoms with van der Waals surface area (Å²) in [6, 6.07) is 4.91. The third-order valence-electron chi connectivity index (χ3n) is 8.57. The maximum Gasteiger partial charge on any atom is 0.240 e. The molecule has 2 fully saturated rings. The number of hydrogen-bond acceptors (Lipinski definition) is 8. The van der Waals surface area contributed by atoms with Crippen molar-refractivity contribution in [2.24, 2.45) is 23.3 Å². The minimum absolute atomic E-state index is 0.00319. The lowest BCUT2D eigenvalue weighted by Gasteiger charge is -2.22. The van der Waals surface area contributed by atoms with Crippen molar-refractivity contribution in [1.29, 1.82) is 5.41 Å². The zero-order chi connectivity index (χ0) is 40.5. The number of benzene rings is 1. The first-order valence-corrected chi connectivity index (χ1v) is 18.8. The van der Waals surface area contributed by atoms with E-state index < -0.39 is 5.78 Å². The number of amides is 3. The number of ether oxygens (including phenoxy) is 2. The quantitative estimate of drug-likeness (QED) is 0.0312. The second kappa shape index (κ2) is 27.0. The Morgan fingerprint density at radius 3 is 2.21 bits per heavy atom. The van der Waals surface area contributed by atoms with Crippen LogP contribution in [0.4, 0.5) is 0 Å². The van der Waals surface area contributed by atoms with Crippen LogP contribution in [0, 0.1) is 24.2 Å². The van der Waals surface area contributed by atoms with Gasteiger partial charge in [-0.2, -0.15) is 0 Å². The zero-order valence-corrected chi connectivity index (χ0v) is 33.6. The third kappa shape index (κ3) is 18.6. The van der Waals surface area contributed by atoms with Crippen LogP contribution in [0.2, 0.25) is 0 Å². The van der Waals surface area contributed by atoms with Crippen molar-refractivity contribution in [3.8, 4) is 5.75 Å². The smallest absolute Gasteiger partial charge is 0.240 e. The van der Waals surface area contributed by atoms with Gasteiger partial charge in [0, 0.05) is 36.9 Å². The van der Waals surface area contributed by atoms with Gasteiger partial charge in [0.15, 0.2) is 0 Å². The van der Waals surface area contributed by atoms with E-state index in [0.717, 1.165) is 74.5 Å². The number of Topliss-reactive ketones (excluding diaryl/α,β-unsaturated/α-hetero) is 1. The number of aryl methyl sites for hydroxylation is 1. The topological polar surface area (TPSA) is 186 Å². The summed E-state index contributed by atoms with van der Waals surface area (Å²) in [5.41, 5.74) is 12.4. The molecular weight excluding hydrogens is 672 g/mol. The molecule has 0 bridgehead atoms. The Morgan fingerprint density at radius 2 is 1.68 bits per heavy atom. The van der Waals surface area contributed by atoms with Gasteiger partial charge in [0.1, 0.15) is 17.6 Å². The van der Waals surface area contributed by atoms with Crippen LogP contribution in [0.25, 0.3) is 5.76 Å². The molecule has 11 heteroatoms. The van der Waals surface area contributed by atoms with E-state index in [0.29, 0.717) is 41.7 Å². The molecule has 1 aromatic rings. The Bertz CT molecular complexity index is 1450. The minimum atomic E-state index is -0.428. The summed E-state index contributed by atoms with van der Waals surface area (Å²) in [5.74, 6) is 2.05. The molecule has 1 aromatic carbocycles. The van der Waals surface area contributed by atoms with E-state index in [9.17, 15) is 24.3 Å². The lowest BCUT2D eigenvalue weighted by atomic mass is 10.0. The molecule has 3 atom stereocenters. The van der Waals surface area contributed by atoms with Gasteiger partial charge < -0.3 is 36.4 Å². The highest BCUT2D eigenvalue weighted by molar-refractivity contribution is 6.35. The van der Waals surface area contributed by atoms with E-state index in [-0.39, 0.29) is 29.5 Å². The molecular formula is C42H66N4O7. The van der Waals surface area contributed by atoms with Gasteiger partial charge in [-0.25, -0.2) is 0 Å². The molecule has 6 N–H and O–H groups in total. The summed E-state index contributed by atoms with van der Waals surface area (Å²) in [5, 5.41) is 17.2. The molecule has 3 amide bonds. The van der Waals surface area contributed by atoms with Crippen LogP contribution in [0.3, 0.4) is 0 Å². The van der Waals surface area contributed by atoms with Crippen LogP contribution < -0.4 is 16.2 Å². The standard InChI is InChI=1S/C22H36N2O3.C16H19NO3.C2H5NO.C2H6/c1-3-11-20(27-2)18-16-17(18)12-8-6-4-5-7-9-14-21(25)24-15-10-13-19(24)22(23)26;1-10(2)14(16(19)9-17)8-15(18)13-6-5-12(20-4)7-11(13)3;1-2(3)4;1-2/h8,11-12,17-19H,3-7,9-10,13-16H2,1-2H3,(H2,23,26);5-9,17-18H,1-4H3;1H3,(H2,3,4);1-2H3/b12-8-,20-11+;15-8+,17-9?;;. The van der Waals surface area contributed by atoms with Gasteiger partial charge in [-0.1, -0.05) is 51.3 Å². The van der Waals surface area contributed by atoms with Crippen molar-refractivity contribution >= 4 is 35.5 Å². The normalized spacial score (nSPS) is 17.5. The minimum Gasteiger partial charge on any atom is -0.507 e. The van der Waals surface area contributed by atoms with E-state index in [1.807, 2.05) is 20.8 Å². The van der Waals surface area contributed by atoms with Gasteiger partial charge in [-0.3, -0.25) is 19.2 Å². The Kier molecular flexibility index (Phi) is 24.6. The number of carbonyl (C=O) groups excluding carboxylic acids is 4. The van der Waals surface area contributed by atoms with Crippen molar-refractivity contribution in [2.45, 2.75) is 119 Å². The van der Waals surface area contributed by atoms with Gasteiger partial charge in [0.05, 0.1) is 26.2 Å². The molecule has 1 heterocycles. The summed E-state index contributed by atoms with van der Waals surface area (Å²) >= 11 is 0. The van der Waals surface area contributed by atoms with Crippen LogP contribution in [-0.4, -0.2) is 66.5 Å². The monoisotopic (exact) mass is 738 g/mol. The maximum atomic E-state index is 12.2. The summed E-state index contributed by atoms with van der Waals surface area (Å²) in [4.78, 5) is 46.1. The molecule has 3 rings (SSSR count). The Balaban J connectivity index is 0.000000917. The van der Waals surface area contributed by atoms with E-state index >= 15 is 0 Å². The zero-order valence-electron chi connectivity index (χ0n) is 33.6. The molecule has 1 aliphatic heterocycles. The fourth-order valence-corrected chi connectivity index (χ4v) is 5.81. The van der Waals surface area contributed by atoms with Crippen molar-refractivity contribution in [3.63, 3.8) is 0 Å². The molecule has 3 unspecified atom stereocenters. The average molecular weight is 739 g/mol. The van der Waals surface area contributed by atoms with Crippen LogP contribution in [-0.2, 0) is 23.9 Å². The SMILES string of the molecule is CC.CC(N)=O.CC/C=C(/OC)C1CC1/C=C\CCCCCCC(=O)N1CCCC1C(N)=O.COc1ccc(/C(O)=C\C(C(=O)C=N)=C(C)C)c(C)c1. The second-order valence-corrected chi connectivity index (χ2v) is 13.0. The lowest BCUT2D eigenvalue weighted by Crippen LogP contribution is -2.43. The number of allylic oxidation sites excluding steroid dienone is 7. The molecule has 1 saturated heterocycles. The predicted molar refractivity (Wildman–Crippen MR) is 214 cm³/mol. The number of nitrogens with one attached hydrogen (secondary N) is 1. The van der Waals surface area contributed by atoms with E-state index in [1.165, 1.54) is 19.4 Å². The summed E-state index contributed by atoms with van der Waals surface area (Å²) in [7, 11) is 3.34. The van der Waals surface area contributed by atoms with Crippen molar-refractivity contribution < 1.29 is 33.8 Å². The molecule has 11 nitrogen and oxygen atoms in total. The number of primary amides is 2. The number of ketones is 1. The van der Waals surface area contributed by atoms with E-state index in [2.05, 4.69) is 30.9 Å². The first-order chi connectivity index (χ1) is 25.2. The summed E-state index contributed by atoms with van der Waals surface area (Å²) in [6.07, 6.45) is 18.7. The highest BCUT2D eigenvalue weighted by atomic mass is 16.5. The number of likely N-dealkylation sites (tertiary alicyclic amines) is 1. The van der Waals surface area contributed by atoms with Crippen molar-refractivity contribution in [3.05, 3.63) is 70.5 Å².